The van der Waals surface area contributed by atoms with Crippen LogP contribution >= 0.6 is 0 Å². The van der Waals surface area contributed by atoms with Gasteiger partial charge in [0.25, 0.3) is 5.91 Å². The molecule has 0 unspecified atom stereocenters. The summed E-state index contributed by atoms with van der Waals surface area (Å²) in [6.07, 6.45) is 4.10. The molecule has 126 valence electrons. The highest BCUT2D eigenvalue weighted by Crippen LogP contribution is 2.29. The average Bonchev–Trinajstić information content (AvgIpc) is 2.94. The number of likely N-dealkylation sites (tertiary alicyclic amines) is 1. The number of carbonyl (C=O) groups excluding carboxylic acids is 2. The minimum atomic E-state index is -0.204. The lowest BCUT2D eigenvalue weighted by Gasteiger charge is -2.26. The summed E-state index contributed by atoms with van der Waals surface area (Å²) in [7, 11) is 0. The van der Waals surface area contributed by atoms with Gasteiger partial charge in [0.05, 0.1) is 5.56 Å². The van der Waals surface area contributed by atoms with Gasteiger partial charge in [0.2, 0.25) is 5.91 Å². The predicted molar refractivity (Wildman–Crippen MR) is 90.5 cm³/mol. The zero-order chi connectivity index (χ0) is 17.0. The Balaban J connectivity index is 2.16. The minimum absolute atomic E-state index is 0.0430. The molecule has 1 fully saturated rings. The Labute approximate surface area is 137 Å². The Morgan fingerprint density at radius 1 is 1.39 bits per heavy atom. The summed E-state index contributed by atoms with van der Waals surface area (Å²) in [5.41, 5.74) is 0.782. The average molecular weight is 318 g/mol. The number of benzene rings is 1. The van der Waals surface area contributed by atoms with Crippen molar-refractivity contribution in [1.82, 2.24) is 4.90 Å². The van der Waals surface area contributed by atoms with Crippen LogP contribution in [0.1, 0.15) is 56.8 Å². The molecule has 2 rings (SSSR count). The van der Waals surface area contributed by atoms with Gasteiger partial charge >= 0.3 is 0 Å². The number of hydrogen-bond donors (Lipinski definition) is 2. The number of hydrogen-bond acceptors (Lipinski definition) is 3. The number of nitrogens with one attached hydrogen (secondary N) is 1. The van der Waals surface area contributed by atoms with E-state index in [-0.39, 0.29) is 29.2 Å². The topological polar surface area (TPSA) is 69.6 Å². The first-order valence-electron chi connectivity index (χ1n) is 8.30. The van der Waals surface area contributed by atoms with Crippen molar-refractivity contribution in [1.29, 1.82) is 0 Å². The van der Waals surface area contributed by atoms with E-state index in [0.717, 1.165) is 32.2 Å². The molecule has 1 aliphatic rings. The summed E-state index contributed by atoms with van der Waals surface area (Å²) in [6, 6.07) is 4.84. The quantitative estimate of drug-likeness (QED) is 0.818. The number of amides is 2. The summed E-state index contributed by atoms with van der Waals surface area (Å²) >= 11 is 0. The van der Waals surface area contributed by atoms with Gasteiger partial charge in [-0.25, -0.2) is 0 Å². The summed E-state index contributed by atoms with van der Waals surface area (Å²) in [4.78, 5) is 25.9. The fraction of sp³-hybridized carbons (Fsp3) is 0.556. The molecule has 0 saturated carbocycles. The lowest BCUT2D eigenvalue weighted by molar-refractivity contribution is -0.114. The van der Waals surface area contributed by atoms with E-state index >= 15 is 0 Å². The Kier molecular flexibility index (Phi) is 5.64. The van der Waals surface area contributed by atoms with Crippen LogP contribution < -0.4 is 5.32 Å². The van der Waals surface area contributed by atoms with Gasteiger partial charge in [0.1, 0.15) is 5.75 Å². The van der Waals surface area contributed by atoms with Gasteiger partial charge in [0.15, 0.2) is 0 Å². The second-order valence-electron chi connectivity index (χ2n) is 6.68. The van der Waals surface area contributed by atoms with Crippen LogP contribution in [0, 0.1) is 5.92 Å². The van der Waals surface area contributed by atoms with Gasteiger partial charge in [-0.05, 0) is 49.8 Å². The highest BCUT2D eigenvalue weighted by atomic mass is 16.3. The maximum Gasteiger partial charge on any atom is 0.257 e. The highest BCUT2D eigenvalue weighted by molar-refractivity contribution is 5.99. The Hall–Kier alpha value is -2.04. The van der Waals surface area contributed by atoms with Crippen molar-refractivity contribution in [3.63, 3.8) is 0 Å². The van der Waals surface area contributed by atoms with Crippen molar-refractivity contribution in [2.75, 3.05) is 11.9 Å². The van der Waals surface area contributed by atoms with Crippen molar-refractivity contribution >= 4 is 17.5 Å². The third kappa shape index (κ3) is 4.47. The number of phenols is 1. The van der Waals surface area contributed by atoms with E-state index in [9.17, 15) is 14.7 Å². The monoisotopic (exact) mass is 318 g/mol. The van der Waals surface area contributed by atoms with Crippen LogP contribution in [-0.2, 0) is 4.79 Å². The fourth-order valence-corrected chi connectivity index (χ4v) is 3.07. The van der Waals surface area contributed by atoms with Crippen molar-refractivity contribution in [3.8, 4) is 5.75 Å². The van der Waals surface area contributed by atoms with E-state index in [4.69, 9.17) is 0 Å². The molecule has 0 bridgehead atoms. The van der Waals surface area contributed by atoms with Gasteiger partial charge < -0.3 is 15.3 Å². The molecule has 1 aromatic rings. The van der Waals surface area contributed by atoms with Gasteiger partial charge in [-0.15, -0.1) is 0 Å². The fourth-order valence-electron chi connectivity index (χ4n) is 3.07. The molecular formula is C18H26N2O3. The molecule has 1 heterocycles. The van der Waals surface area contributed by atoms with E-state index in [0.29, 0.717) is 11.6 Å². The molecule has 1 atom stereocenters. The highest BCUT2D eigenvalue weighted by Gasteiger charge is 2.30. The molecule has 1 saturated heterocycles. The minimum Gasteiger partial charge on any atom is -0.507 e. The second-order valence-corrected chi connectivity index (χ2v) is 6.68. The zero-order valence-electron chi connectivity index (χ0n) is 14.1. The molecule has 5 heteroatoms. The molecule has 0 aromatic heterocycles. The first-order valence-corrected chi connectivity index (χ1v) is 8.30. The number of carbonyl (C=O) groups is 2. The summed E-state index contributed by atoms with van der Waals surface area (Å²) in [5, 5.41) is 12.7. The van der Waals surface area contributed by atoms with Crippen molar-refractivity contribution in [3.05, 3.63) is 23.8 Å². The second kappa shape index (κ2) is 7.49. The predicted octanol–water partition coefficient (Wildman–Crippen LogP) is 3.39. The molecule has 1 aliphatic heterocycles. The number of aromatic hydroxyl groups is 1. The standard InChI is InChI=1S/C18H26N2O3/c1-12(2)6-8-15-5-4-10-20(15)18(23)16-11-14(19-13(3)21)7-9-17(16)22/h7,9,11-12,15,22H,4-6,8,10H2,1-3H3,(H,19,21)/t15-/m0/s1. The Morgan fingerprint density at radius 3 is 2.78 bits per heavy atom. The van der Waals surface area contributed by atoms with Crippen LogP contribution in [0.25, 0.3) is 0 Å². The molecule has 0 aliphatic carbocycles. The zero-order valence-corrected chi connectivity index (χ0v) is 14.1. The number of anilines is 1. The van der Waals surface area contributed by atoms with E-state index in [1.807, 2.05) is 4.90 Å². The molecular weight excluding hydrogens is 292 g/mol. The number of nitrogens with zero attached hydrogens (tertiary/aromatic N) is 1. The van der Waals surface area contributed by atoms with Crippen LogP contribution in [0.2, 0.25) is 0 Å². The van der Waals surface area contributed by atoms with Crippen molar-refractivity contribution in [2.45, 2.75) is 52.5 Å². The lowest BCUT2D eigenvalue weighted by Crippen LogP contribution is -2.35. The van der Waals surface area contributed by atoms with E-state index < -0.39 is 0 Å². The Bertz CT molecular complexity index is 584. The molecule has 0 radical (unpaired) electrons. The first-order chi connectivity index (χ1) is 10.9. The molecule has 2 amide bonds. The number of rotatable bonds is 5. The van der Waals surface area contributed by atoms with Crippen LogP contribution in [0.15, 0.2) is 18.2 Å². The van der Waals surface area contributed by atoms with E-state index in [1.54, 1.807) is 12.1 Å². The SMILES string of the molecule is CC(=O)Nc1ccc(O)c(C(=O)N2CCC[C@H]2CCC(C)C)c1. The third-order valence-corrected chi connectivity index (χ3v) is 4.26. The molecule has 2 N–H and O–H groups in total. The molecule has 5 nitrogen and oxygen atoms in total. The van der Waals surface area contributed by atoms with Gasteiger partial charge in [-0.1, -0.05) is 13.8 Å². The normalized spacial score (nSPS) is 17.6. The maximum absolute atomic E-state index is 12.8. The summed E-state index contributed by atoms with van der Waals surface area (Å²) < 4.78 is 0. The summed E-state index contributed by atoms with van der Waals surface area (Å²) in [5.74, 6) is 0.216. The molecule has 1 aromatic carbocycles. The first kappa shape index (κ1) is 17.3. The van der Waals surface area contributed by atoms with Crippen molar-refractivity contribution < 1.29 is 14.7 Å². The molecule has 0 spiro atoms. The van der Waals surface area contributed by atoms with E-state index in [2.05, 4.69) is 19.2 Å². The third-order valence-electron chi connectivity index (χ3n) is 4.26. The van der Waals surface area contributed by atoms with Crippen LogP contribution in [-0.4, -0.2) is 34.4 Å². The van der Waals surface area contributed by atoms with Gasteiger partial charge in [-0.3, -0.25) is 9.59 Å². The lowest BCUT2D eigenvalue weighted by atomic mass is 10.0. The van der Waals surface area contributed by atoms with Crippen LogP contribution in [0.4, 0.5) is 5.69 Å². The molecule has 23 heavy (non-hydrogen) atoms. The largest absolute Gasteiger partial charge is 0.507 e. The smallest absolute Gasteiger partial charge is 0.257 e. The van der Waals surface area contributed by atoms with Gasteiger partial charge in [0, 0.05) is 25.2 Å². The summed E-state index contributed by atoms with van der Waals surface area (Å²) in [6.45, 7) is 6.51. The van der Waals surface area contributed by atoms with E-state index in [1.165, 1.54) is 13.0 Å². The maximum atomic E-state index is 12.8. The van der Waals surface area contributed by atoms with Crippen molar-refractivity contribution in [2.24, 2.45) is 5.92 Å². The Morgan fingerprint density at radius 2 is 2.13 bits per heavy atom. The van der Waals surface area contributed by atoms with Gasteiger partial charge in [-0.2, -0.15) is 0 Å². The van der Waals surface area contributed by atoms with Crippen LogP contribution in [0.5, 0.6) is 5.75 Å². The van der Waals surface area contributed by atoms with Crippen LogP contribution in [0.3, 0.4) is 0 Å². The number of phenolic OH excluding ortho intramolecular Hbond substituents is 1.